The highest BCUT2D eigenvalue weighted by molar-refractivity contribution is 5.80. The predicted octanol–water partition coefficient (Wildman–Crippen LogP) is 0.145. The van der Waals surface area contributed by atoms with Crippen LogP contribution in [-0.2, 0) is 4.79 Å². The topological polar surface area (TPSA) is 35.6 Å². The van der Waals surface area contributed by atoms with E-state index in [9.17, 15) is 4.79 Å². The van der Waals surface area contributed by atoms with Gasteiger partial charge in [0.25, 0.3) is 0 Å². The largest absolute Gasteiger partial charge is 0.347 e. The number of likely N-dealkylation sites (N-methyl/N-ethyl adjacent to an activating group) is 1. The smallest absolute Gasteiger partial charge is 0.239 e. The molecule has 1 amide bonds. The van der Waals surface area contributed by atoms with Crippen LogP contribution in [0.5, 0.6) is 0 Å². The molecule has 3 unspecified atom stereocenters. The normalized spacial score (nSPS) is 29.9. The third-order valence-corrected chi connectivity index (χ3v) is 2.93. The van der Waals surface area contributed by atoms with Gasteiger partial charge in [0, 0.05) is 39.3 Å². The van der Waals surface area contributed by atoms with E-state index >= 15 is 0 Å². The maximum Gasteiger partial charge on any atom is 0.239 e. The summed E-state index contributed by atoms with van der Waals surface area (Å²) >= 11 is 0. The summed E-state index contributed by atoms with van der Waals surface area (Å²) in [5, 5.41) is 3.47. The molecule has 0 saturated carbocycles. The molecule has 0 aliphatic carbocycles. The zero-order valence-electron chi connectivity index (χ0n) is 10.4. The number of nitrogens with zero attached hydrogens (tertiary/aromatic N) is 2. The van der Waals surface area contributed by atoms with Gasteiger partial charge in [-0.05, 0) is 20.8 Å². The van der Waals surface area contributed by atoms with E-state index in [1.165, 1.54) is 0 Å². The van der Waals surface area contributed by atoms with Crippen LogP contribution in [0, 0.1) is 0 Å². The average molecular weight is 213 g/mol. The molecule has 1 N–H and O–H groups in total. The third-order valence-electron chi connectivity index (χ3n) is 2.93. The second kappa shape index (κ2) is 4.94. The molecule has 88 valence electrons. The van der Waals surface area contributed by atoms with Crippen LogP contribution in [0.25, 0.3) is 0 Å². The Morgan fingerprint density at radius 1 is 1.33 bits per heavy atom. The molecule has 1 rings (SSSR count). The van der Waals surface area contributed by atoms with E-state index in [0.29, 0.717) is 12.1 Å². The zero-order valence-corrected chi connectivity index (χ0v) is 10.4. The van der Waals surface area contributed by atoms with Crippen molar-refractivity contribution in [3.05, 3.63) is 0 Å². The lowest BCUT2D eigenvalue weighted by molar-refractivity contribution is -0.134. The molecule has 0 spiro atoms. The Bertz CT molecular complexity index is 220. The van der Waals surface area contributed by atoms with Crippen molar-refractivity contribution in [1.29, 1.82) is 0 Å². The second-order valence-electron chi connectivity index (χ2n) is 4.83. The van der Waals surface area contributed by atoms with Crippen molar-refractivity contribution in [3.8, 4) is 0 Å². The lowest BCUT2D eigenvalue weighted by atomic mass is 10.1. The van der Waals surface area contributed by atoms with Crippen LogP contribution in [0.15, 0.2) is 0 Å². The molecule has 15 heavy (non-hydrogen) atoms. The first kappa shape index (κ1) is 12.5. The Labute approximate surface area is 92.6 Å². The number of amides is 1. The van der Waals surface area contributed by atoms with Gasteiger partial charge < -0.3 is 10.2 Å². The Morgan fingerprint density at radius 2 is 1.80 bits per heavy atom. The minimum absolute atomic E-state index is 0.00741. The molecule has 1 aliphatic rings. The van der Waals surface area contributed by atoms with Crippen molar-refractivity contribution < 1.29 is 4.79 Å². The van der Waals surface area contributed by atoms with Crippen molar-refractivity contribution in [3.63, 3.8) is 0 Å². The molecule has 1 aliphatic heterocycles. The summed E-state index contributed by atoms with van der Waals surface area (Å²) in [5.74, 6) is 0.191. The second-order valence-corrected chi connectivity index (χ2v) is 4.83. The molecule has 4 heteroatoms. The highest BCUT2D eigenvalue weighted by Crippen LogP contribution is 2.09. The fourth-order valence-electron chi connectivity index (χ4n) is 2.22. The molecule has 1 heterocycles. The van der Waals surface area contributed by atoms with Crippen molar-refractivity contribution in [2.24, 2.45) is 0 Å². The number of hydrogen-bond acceptors (Lipinski definition) is 3. The Kier molecular flexibility index (Phi) is 4.11. The van der Waals surface area contributed by atoms with Crippen LogP contribution in [0.2, 0.25) is 0 Å². The van der Waals surface area contributed by atoms with Gasteiger partial charge in [0.2, 0.25) is 5.91 Å². The van der Waals surface area contributed by atoms with Gasteiger partial charge in [-0.2, -0.15) is 0 Å². The molecule has 0 aromatic rings. The van der Waals surface area contributed by atoms with Crippen molar-refractivity contribution in [1.82, 2.24) is 15.1 Å². The molecular weight excluding hydrogens is 190 g/mol. The maximum absolute atomic E-state index is 11.8. The molecule has 0 radical (unpaired) electrons. The SMILES string of the molecule is CC1CN(C(C)C(=O)N(C)C)CC(C)N1. The van der Waals surface area contributed by atoms with Crippen LogP contribution in [0.4, 0.5) is 0 Å². The van der Waals surface area contributed by atoms with Gasteiger partial charge in [-0.15, -0.1) is 0 Å². The molecule has 0 bridgehead atoms. The van der Waals surface area contributed by atoms with Crippen LogP contribution >= 0.6 is 0 Å². The van der Waals surface area contributed by atoms with E-state index in [1.807, 2.05) is 21.0 Å². The Balaban J connectivity index is 2.59. The van der Waals surface area contributed by atoms with E-state index < -0.39 is 0 Å². The standard InChI is InChI=1S/C11H23N3O/c1-8-6-14(7-9(2)12-8)10(3)11(15)13(4)5/h8-10,12H,6-7H2,1-5H3. The zero-order chi connectivity index (χ0) is 11.6. The van der Waals surface area contributed by atoms with E-state index in [1.54, 1.807) is 4.90 Å². The van der Waals surface area contributed by atoms with Crippen LogP contribution in [0.3, 0.4) is 0 Å². The van der Waals surface area contributed by atoms with E-state index in [2.05, 4.69) is 24.1 Å². The summed E-state index contributed by atoms with van der Waals surface area (Å²) < 4.78 is 0. The summed E-state index contributed by atoms with van der Waals surface area (Å²) in [6.07, 6.45) is 0. The van der Waals surface area contributed by atoms with Crippen molar-refractivity contribution >= 4 is 5.91 Å². The van der Waals surface area contributed by atoms with Crippen molar-refractivity contribution in [2.75, 3.05) is 27.2 Å². The molecule has 1 saturated heterocycles. The van der Waals surface area contributed by atoms with E-state index in [4.69, 9.17) is 0 Å². The summed E-state index contributed by atoms with van der Waals surface area (Å²) in [4.78, 5) is 15.7. The highest BCUT2D eigenvalue weighted by Gasteiger charge is 2.28. The molecular formula is C11H23N3O. The Hall–Kier alpha value is -0.610. The van der Waals surface area contributed by atoms with Gasteiger partial charge in [-0.25, -0.2) is 0 Å². The molecule has 0 aromatic heterocycles. The first-order valence-electron chi connectivity index (χ1n) is 5.63. The minimum Gasteiger partial charge on any atom is -0.347 e. The van der Waals surface area contributed by atoms with Gasteiger partial charge in [0.15, 0.2) is 0 Å². The minimum atomic E-state index is -0.00741. The lowest BCUT2D eigenvalue weighted by Crippen LogP contribution is -2.59. The summed E-state index contributed by atoms with van der Waals surface area (Å²) in [6.45, 7) is 8.22. The Morgan fingerprint density at radius 3 is 2.20 bits per heavy atom. The third kappa shape index (κ3) is 3.18. The van der Waals surface area contributed by atoms with Gasteiger partial charge in [0.05, 0.1) is 6.04 Å². The number of hydrogen-bond donors (Lipinski definition) is 1. The molecule has 4 nitrogen and oxygen atoms in total. The quantitative estimate of drug-likeness (QED) is 0.709. The average Bonchev–Trinajstić information content (AvgIpc) is 2.13. The molecule has 0 aromatic carbocycles. The molecule has 1 fully saturated rings. The van der Waals surface area contributed by atoms with Crippen LogP contribution < -0.4 is 5.32 Å². The van der Waals surface area contributed by atoms with Gasteiger partial charge >= 0.3 is 0 Å². The fraction of sp³-hybridized carbons (Fsp3) is 0.909. The van der Waals surface area contributed by atoms with Gasteiger partial charge in [-0.3, -0.25) is 9.69 Å². The van der Waals surface area contributed by atoms with Crippen LogP contribution in [0.1, 0.15) is 20.8 Å². The maximum atomic E-state index is 11.8. The number of piperazine rings is 1. The van der Waals surface area contributed by atoms with Crippen molar-refractivity contribution in [2.45, 2.75) is 38.9 Å². The number of rotatable bonds is 2. The summed E-state index contributed by atoms with van der Waals surface area (Å²) in [7, 11) is 3.63. The predicted molar refractivity (Wildman–Crippen MR) is 61.8 cm³/mol. The van der Waals surface area contributed by atoms with Crippen LogP contribution in [-0.4, -0.2) is 61.0 Å². The summed E-state index contributed by atoms with van der Waals surface area (Å²) in [6, 6.07) is 0.921. The highest BCUT2D eigenvalue weighted by atomic mass is 16.2. The van der Waals surface area contributed by atoms with Gasteiger partial charge in [-0.1, -0.05) is 0 Å². The molecule has 3 atom stereocenters. The number of nitrogens with one attached hydrogen (secondary N) is 1. The summed E-state index contributed by atoms with van der Waals surface area (Å²) in [5.41, 5.74) is 0. The number of carbonyl (C=O) groups excluding carboxylic acids is 1. The first-order valence-corrected chi connectivity index (χ1v) is 5.63. The van der Waals surface area contributed by atoms with E-state index in [-0.39, 0.29) is 11.9 Å². The lowest BCUT2D eigenvalue weighted by Gasteiger charge is -2.39. The van der Waals surface area contributed by atoms with Gasteiger partial charge in [0.1, 0.15) is 0 Å². The van der Waals surface area contributed by atoms with E-state index in [0.717, 1.165) is 13.1 Å². The first-order chi connectivity index (χ1) is 6.91. The fourth-order valence-corrected chi connectivity index (χ4v) is 2.22. The number of carbonyl (C=O) groups is 1. The monoisotopic (exact) mass is 213 g/mol.